The normalized spacial score (nSPS) is 12.4. The fraction of sp³-hybridized carbons (Fsp3) is 0.294. The molecule has 0 aliphatic rings. The summed E-state index contributed by atoms with van der Waals surface area (Å²) in [6.45, 7) is 2.19. The third-order valence-electron chi connectivity index (χ3n) is 3.37. The Morgan fingerprint density at radius 3 is 2.35 bits per heavy atom. The molecule has 0 spiro atoms. The van der Waals surface area contributed by atoms with Crippen LogP contribution >= 0.6 is 27.5 Å². The standard InChI is InChI=1S/C17H18BrClO/c1-2-3-4-12-5-7-13(8-6-12)17(20)14-9-10-16(19)15(18)11-14/h5-11,17,20H,2-4H2,1H3. The van der Waals surface area contributed by atoms with E-state index in [9.17, 15) is 5.11 Å². The molecule has 1 unspecified atom stereocenters. The summed E-state index contributed by atoms with van der Waals surface area (Å²) in [5.74, 6) is 0. The summed E-state index contributed by atoms with van der Waals surface area (Å²) in [6.07, 6.45) is 2.87. The van der Waals surface area contributed by atoms with Crippen LogP contribution in [0.5, 0.6) is 0 Å². The van der Waals surface area contributed by atoms with Gasteiger partial charge in [0.05, 0.1) is 5.02 Å². The first kappa shape index (κ1) is 15.6. The summed E-state index contributed by atoms with van der Waals surface area (Å²) >= 11 is 9.36. The Balaban J connectivity index is 2.15. The molecule has 0 radical (unpaired) electrons. The van der Waals surface area contributed by atoms with E-state index < -0.39 is 6.10 Å². The number of rotatable bonds is 5. The van der Waals surface area contributed by atoms with Crippen molar-refractivity contribution in [2.75, 3.05) is 0 Å². The second kappa shape index (κ2) is 7.26. The van der Waals surface area contributed by atoms with E-state index >= 15 is 0 Å². The van der Waals surface area contributed by atoms with Gasteiger partial charge in [-0.3, -0.25) is 0 Å². The van der Waals surface area contributed by atoms with E-state index in [0.717, 1.165) is 22.0 Å². The Bertz CT molecular complexity index is 566. The van der Waals surface area contributed by atoms with Crippen LogP contribution in [-0.4, -0.2) is 5.11 Å². The van der Waals surface area contributed by atoms with Gasteiger partial charge in [0, 0.05) is 4.47 Å². The lowest BCUT2D eigenvalue weighted by Crippen LogP contribution is -2.00. The molecule has 3 heteroatoms. The number of hydrogen-bond acceptors (Lipinski definition) is 1. The first-order valence-corrected chi connectivity index (χ1v) is 8.00. The first-order valence-electron chi connectivity index (χ1n) is 6.83. The number of benzene rings is 2. The van der Waals surface area contributed by atoms with E-state index in [1.807, 2.05) is 24.3 Å². The molecule has 1 atom stereocenters. The molecule has 2 aromatic carbocycles. The monoisotopic (exact) mass is 352 g/mol. The fourth-order valence-electron chi connectivity index (χ4n) is 2.12. The summed E-state index contributed by atoms with van der Waals surface area (Å²) in [5.41, 5.74) is 3.06. The molecule has 0 saturated heterocycles. The summed E-state index contributed by atoms with van der Waals surface area (Å²) in [4.78, 5) is 0. The number of unbranched alkanes of at least 4 members (excludes halogenated alkanes) is 1. The third-order valence-corrected chi connectivity index (χ3v) is 4.59. The van der Waals surface area contributed by atoms with E-state index in [0.29, 0.717) is 5.02 Å². The van der Waals surface area contributed by atoms with Gasteiger partial charge in [-0.1, -0.05) is 55.3 Å². The molecule has 0 amide bonds. The third kappa shape index (κ3) is 3.85. The molecule has 0 fully saturated rings. The highest BCUT2D eigenvalue weighted by atomic mass is 79.9. The highest BCUT2D eigenvalue weighted by Crippen LogP contribution is 2.29. The fourth-order valence-corrected chi connectivity index (χ4v) is 2.64. The van der Waals surface area contributed by atoms with Gasteiger partial charge >= 0.3 is 0 Å². The molecule has 2 rings (SSSR count). The zero-order chi connectivity index (χ0) is 14.5. The maximum atomic E-state index is 10.4. The van der Waals surface area contributed by atoms with Crippen LogP contribution < -0.4 is 0 Å². The van der Waals surface area contributed by atoms with Gasteiger partial charge in [-0.15, -0.1) is 0 Å². The van der Waals surface area contributed by atoms with E-state index in [-0.39, 0.29) is 0 Å². The molecule has 2 aromatic rings. The Morgan fingerprint density at radius 1 is 1.10 bits per heavy atom. The number of aryl methyl sites for hydroxylation is 1. The summed E-state index contributed by atoms with van der Waals surface area (Å²) < 4.78 is 0.801. The first-order chi connectivity index (χ1) is 9.61. The predicted octanol–water partition coefficient (Wildman–Crippen LogP) is 5.53. The zero-order valence-electron chi connectivity index (χ0n) is 11.4. The topological polar surface area (TPSA) is 20.2 Å². The van der Waals surface area contributed by atoms with Gasteiger partial charge in [0.1, 0.15) is 6.10 Å². The zero-order valence-corrected chi connectivity index (χ0v) is 13.8. The summed E-state index contributed by atoms with van der Waals surface area (Å²) in [5, 5.41) is 11.1. The average Bonchev–Trinajstić information content (AvgIpc) is 2.48. The molecule has 1 nitrogen and oxygen atoms in total. The van der Waals surface area contributed by atoms with Gasteiger partial charge in [-0.05, 0) is 57.6 Å². The molecule has 106 valence electrons. The molecule has 0 heterocycles. The largest absolute Gasteiger partial charge is 0.384 e. The van der Waals surface area contributed by atoms with Crippen molar-refractivity contribution in [3.8, 4) is 0 Å². The smallest absolute Gasteiger partial charge is 0.104 e. The van der Waals surface area contributed by atoms with Crippen molar-refractivity contribution in [3.05, 3.63) is 68.7 Å². The van der Waals surface area contributed by atoms with Crippen molar-refractivity contribution in [3.63, 3.8) is 0 Å². The molecule has 0 saturated carbocycles. The lowest BCUT2D eigenvalue weighted by Gasteiger charge is -2.13. The van der Waals surface area contributed by atoms with Crippen LogP contribution in [0.3, 0.4) is 0 Å². The number of aliphatic hydroxyl groups excluding tert-OH is 1. The minimum absolute atomic E-state index is 0.621. The van der Waals surface area contributed by atoms with Crippen LogP contribution in [-0.2, 0) is 6.42 Å². The van der Waals surface area contributed by atoms with Gasteiger partial charge in [0.2, 0.25) is 0 Å². The van der Waals surface area contributed by atoms with Crippen molar-refractivity contribution in [1.29, 1.82) is 0 Å². The van der Waals surface area contributed by atoms with Crippen LogP contribution in [0.1, 0.15) is 42.6 Å². The SMILES string of the molecule is CCCCc1ccc(C(O)c2ccc(Cl)c(Br)c2)cc1. The predicted molar refractivity (Wildman–Crippen MR) is 88.3 cm³/mol. The van der Waals surface area contributed by atoms with Crippen molar-refractivity contribution in [2.24, 2.45) is 0 Å². The van der Waals surface area contributed by atoms with Crippen LogP contribution in [0.25, 0.3) is 0 Å². The second-order valence-electron chi connectivity index (χ2n) is 4.92. The van der Waals surface area contributed by atoms with Gasteiger partial charge in [-0.2, -0.15) is 0 Å². The molecule has 0 bridgehead atoms. The molecule has 1 N–H and O–H groups in total. The molecular formula is C17H18BrClO. The lowest BCUT2D eigenvalue weighted by molar-refractivity contribution is 0.220. The highest BCUT2D eigenvalue weighted by molar-refractivity contribution is 9.10. The minimum Gasteiger partial charge on any atom is -0.384 e. The molecular weight excluding hydrogens is 336 g/mol. The van der Waals surface area contributed by atoms with Crippen LogP contribution in [0, 0.1) is 0 Å². The van der Waals surface area contributed by atoms with Gasteiger partial charge in [0.15, 0.2) is 0 Å². The Hall–Kier alpha value is -0.830. The molecule has 20 heavy (non-hydrogen) atoms. The minimum atomic E-state index is -0.621. The maximum Gasteiger partial charge on any atom is 0.104 e. The van der Waals surface area contributed by atoms with E-state index in [1.165, 1.54) is 18.4 Å². The van der Waals surface area contributed by atoms with E-state index in [1.54, 1.807) is 6.07 Å². The van der Waals surface area contributed by atoms with Crippen molar-refractivity contribution in [2.45, 2.75) is 32.3 Å². The number of aliphatic hydroxyl groups is 1. The van der Waals surface area contributed by atoms with Gasteiger partial charge in [-0.25, -0.2) is 0 Å². The molecule has 0 aliphatic heterocycles. The van der Waals surface area contributed by atoms with Gasteiger partial charge < -0.3 is 5.11 Å². The van der Waals surface area contributed by atoms with Crippen molar-refractivity contribution >= 4 is 27.5 Å². The van der Waals surface area contributed by atoms with Crippen molar-refractivity contribution in [1.82, 2.24) is 0 Å². The Labute approximate surface area is 133 Å². The average molecular weight is 354 g/mol. The summed E-state index contributed by atoms with van der Waals surface area (Å²) in [6, 6.07) is 13.7. The van der Waals surface area contributed by atoms with Crippen molar-refractivity contribution < 1.29 is 5.11 Å². The van der Waals surface area contributed by atoms with Crippen LogP contribution in [0.15, 0.2) is 46.9 Å². The van der Waals surface area contributed by atoms with Crippen LogP contribution in [0.2, 0.25) is 5.02 Å². The van der Waals surface area contributed by atoms with E-state index in [2.05, 4.69) is 35.0 Å². The lowest BCUT2D eigenvalue weighted by atomic mass is 9.99. The highest BCUT2D eigenvalue weighted by Gasteiger charge is 2.11. The quantitative estimate of drug-likeness (QED) is 0.749. The molecule has 0 aromatic heterocycles. The Morgan fingerprint density at radius 2 is 1.75 bits per heavy atom. The summed E-state index contributed by atoms with van der Waals surface area (Å²) in [7, 11) is 0. The van der Waals surface area contributed by atoms with Crippen LogP contribution in [0.4, 0.5) is 0 Å². The number of hydrogen-bond donors (Lipinski definition) is 1. The Kier molecular flexibility index (Phi) is 5.64. The molecule has 0 aliphatic carbocycles. The maximum absolute atomic E-state index is 10.4. The van der Waals surface area contributed by atoms with E-state index in [4.69, 9.17) is 11.6 Å². The second-order valence-corrected chi connectivity index (χ2v) is 6.18. The van der Waals surface area contributed by atoms with Gasteiger partial charge in [0.25, 0.3) is 0 Å². The number of halogens is 2.